The van der Waals surface area contributed by atoms with Crippen molar-refractivity contribution < 1.29 is 14.8 Å². The van der Waals surface area contributed by atoms with Gasteiger partial charge in [-0.15, -0.1) is 0 Å². The first-order valence-electron chi connectivity index (χ1n) is 4.67. The number of hydrogen-bond donors (Lipinski definition) is 4. The number of nitrogens with one attached hydrogen (secondary N) is 1. The molecule has 6 N–H and O–H groups in total. The monoisotopic (exact) mass is 240 g/mol. The molecule has 92 valence electrons. The van der Waals surface area contributed by atoms with Crippen LogP contribution >= 0.6 is 0 Å². The normalized spacial score (nSPS) is 11.8. The number of carbonyl (C=O) groups excluding carboxylic acids is 1. The van der Waals surface area contributed by atoms with Gasteiger partial charge in [-0.1, -0.05) is 0 Å². The Balaban J connectivity index is 2.73. The number of anilines is 2. The number of nitro groups is 1. The third-order valence-electron chi connectivity index (χ3n) is 2.06. The molecule has 8 nitrogen and oxygen atoms in total. The van der Waals surface area contributed by atoms with Crippen molar-refractivity contribution in [3.8, 4) is 0 Å². The van der Waals surface area contributed by atoms with E-state index in [1.165, 1.54) is 18.2 Å². The molecule has 1 rings (SSSR count). The molecule has 1 aromatic rings. The highest BCUT2D eigenvalue weighted by Gasteiger charge is 2.12. The number of amides is 1. The molecule has 1 amide bonds. The third kappa shape index (κ3) is 3.31. The smallest absolute Gasteiger partial charge is 0.271 e. The van der Waals surface area contributed by atoms with Gasteiger partial charge in [-0.25, -0.2) is 0 Å². The molecule has 0 aromatic heterocycles. The SMILES string of the molecule is NC(=O)C(O)CNc1ccc([N+](=O)[O-])cc1N. The molecule has 0 heterocycles. The summed E-state index contributed by atoms with van der Waals surface area (Å²) in [6.45, 7) is -0.114. The Labute approximate surface area is 96.4 Å². The number of nitrogens with two attached hydrogens (primary N) is 2. The molecule has 8 heteroatoms. The second kappa shape index (κ2) is 5.12. The summed E-state index contributed by atoms with van der Waals surface area (Å²) in [7, 11) is 0. The van der Waals surface area contributed by atoms with Gasteiger partial charge in [0.25, 0.3) is 5.69 Å². The van der Waals surface area contributed by atoms with Crippen LogP contribution in [0.25, 0.3) is 0 Å². The Morgan fingerprint density at radius 1 is 1.59 bits per heavy atom. The van der Waals surface area contributed by atoms with Crippen LogP contribution in [-0.2, 0) is 4.79 Å². The molecule has 17 heavy (non-hydrogen) atoms. The molecule has 1 aromatic carbocycles. The maximum absolute atomic E-state index is 10.6. The first-order valence-corrected chi connectivity index (χ1v) is 4.67. The van der Waals surface area contributed by atoms with Crippen molar-refractivity contribution in [1.29, 1.82) is 0 Å². The molecule has 0 aliphatic carbocycles. The minimum Gasteiger partial charge on any atom is -0.397 e. The van der Waals surface area contributed by atoms with Gasteiger partial charge in [0.05, 0.1) is 16.3 Å². The average molecular weight is 240 g/mol. The number of primary amides is 1. The molecule has 0 aliphatic heterocycles. The fourth-order valence-corrected chi connectivity index (χ4v) is 1.13. The number of nitrogen functional groups attached to an aromatic ring is 1. The number of non-ortho nitro benzene ring substituents is 1. The van der Waals surface area contributed by atoms with Crippen LogP contribution < -0.4 is 16.8 Å². The molecule has 0 saturated heterocycles. The van der Waals surface area contributed by atoms with E-state index in [-0.39, 0.29) is 17.9 Å². The minimum absolute atomic E-state index is 0.114. The molecule has 0 fully saturated rings. The molecular weight excluding hydrogens is 228 g/mol. The molecule has 0 radical (unpaired) electrons. The summed E-state index contributed by atoms with van der Waals surface area (Å²) in [5.74, 6) is -0.863. The van der Waals surface area contributed by atoms with Crippen LogP contribution in [0.3, 0.4) is 0 Å². The first-order chi connectivity index (χ1) is 7.91. The zero-order chi connectivity index (χ0) is 13.0. The molecule has 0 bridgehead atoms. The molecule has 0 aliphatic rings. The van der Waals surface area contributed by atoms with Gasteiger partial charge >= 0.3 is 0 Å². The number of nitrogens with zero attached hydrogens (tertiary/aromatic N) is 1. The Morgan fingerprint density at radius 2 is 2.24 bits per heavy atom. The standard InChI is InChI=1S/C9H12N4O4/c10-6-3-5(13(16)17)1-2-7(6)12-4-8(14)9(11)15/h1-3,8,12,14H,4,10H2,(H2,11,15). The van der Waals surface area contributed by atoms with Gasteiger partial charge in [0.15, 0.2) is 0 Å². The van der Waals surface area contributed by atoms with E-state index in [1.54, 1.807) is 0 Å². The minimum atomic E-state index is -1.34. The highest BCUT2D eigenvalue weighted by Crippen LogP contribution is 2.23. The summed E-state index contributed by atoms with van der Waals surface area (Å²) in [5, 5.41) is 22.2. The lowest BCUT2D eigenvalue weighted by Gasteiger charge is -2.11. The number of rotatable bonds is 5. The molecular formula is C9H12N4O4. The highest BCUT2D eigenvalue weighted by atomic mass is 16.6. The molecule has 0 saturated carbocycles. The maximum Gasteiger partial charge on any atom is 0.271 e. The highest BCUT2D eigenvalue weighted by molar-refractivity contribution is 5.79. The summed E-state index contributed by atoms with van der Waals surface area (Å²) in [6.07, 6.45) is -1.34. The van der Waals surface area contributed by atoms with Gasteiger partial charge in [0.1, 0.15) is 6.10 Å². The Bertz CT molecular complexity index is 449. The summed E-state index contributed by atoms with van der Waals surface area (Å²) in [4.78, 5) is 20.4. The van der Waals surface area contributed by atoms with Gasteiger partial charge in [-0.2, -0.15) is 0 Å². The lowest BCUT2D eigenvalue weighted by molar-refractivity contribution is -0.384. The predicted molar refractivity (Wildman–Crippen MR) is 61.2 cm³/mol. The second-order valence-electron chi connectivity index (χ2n) is 3.33. The maximum atomic E-state index is 10.6. The van der Waals surface area contributed by atoms with Gasteiger partial charge in [-0.3, -0.25) is 14.9 Å². The average Bonchev–Trinajstić information content (AvgIpc) is 2.26. The summed E-state index contributed by atoms with van der Waals surface area (Å²) in [6, 6.07) is 3.83. The van der Waals surface area contributed by atoms with E-state index in [4.69, 9.17) is 16.6 Å². The van der Waals surface area contributed by atoms with Crippen LogP contribution in [0.4, 0.5) is 17.1 Å². The van der Waals surface area contributed by atoms with Crippen LogP contribution in [0.5, 0.6) is 0 Å². The number of carbonyl (C=O) groups is 1. The summed E-state index contributed by atoms with van der Waals surface area (Å²) >= 11 is 0. The van der Waals surface area contributed by atoms with Gasteiger partial charge in [0, 0.05) is 18.7 Å². The van der Waals surface area contributed by atoms with E-state index in [2.05, 4.69) is 5.32 Å². The zero-order valence-corrected chi connectivity index (χ0v) is 8.79. The Hall–Kier alpha value is -2.35. The number of aliphatic hydroxyl groups excluding tert-OH is 1. The first kappa shape index (κ1) is 12.7. The van der Waals surface area contributed by atoms with E-state index in [1.807, 2.05) is 0 Å². The van der Waals surface area contributed by atoms with E-state index in [0.29, 0.717) is 5.69 Å². The van der Waals surface area contributed by atoms with E-state index < -0.39 is 16.9 Å². The van der Waals surface area contributed by atoms with Crippen LogP contribution in [-0.4, -0.2) is 28.6 Å². The Morgan fingerprint density at radius 3 is 2.71 bits per heavy atom. The zero-order valence-electron chi connectivity index (χ0n) is 8.79. The fraction of sp³-hybridized carbons (Fsp3) is 0.222. The fourth-order valence-electron chi connectivity index (χ4n) is 1.13. The van der Waals surface area contributed by atoms with Crippen molar-refractivity contribution in [2.75, 3.05) is 17.6 Å². The second-order valence-corrected chi connectivity index (χ2v) is 3.33. The van der Waals surface area contributed by atoms with E-state index in [0.717, 1.165) is 0 Å². The van der Waals surface area contributed by atoms with E-state index in [9.17, 15) is 14.9 Å². The van der Waals surface area contributed by atoms with E-state index >= 15 is 0 Å². The van der Waals surface area contributed by atoms with Crippen molar-refractivity contribution in [2.45, 2.75) is 6.10 Å². The summed E-state index contributed by atoms with van der Waals surface area (Å²) in [5.41, 5.74) is 10.8. The Kier molecular flexibility index (Phi) is 3.83. The van der Waals surface area contributed by atoms with Gasteiger partial charge in [-0.05, 0) is 6.07 Å². The summed E-state index contributed by atoms with van der Waals surface area (Å²) < 4.78 is 0. The number of nitro benzene ring substituents is 1. The predicted octanol–water partition coefficient (Wildman–Crippen LogP) is -0.565. The number of hydrogen-bond acceptors (Lipinski definition) is 6. The van der Waals surface area contributed by atoms with Crippen LogP contribution in [0.2, 0.25) is 0 Å². The largest absolute Gasteiger partial charge is 0.397 e. The van der Waals surface area contributed by atoms with Crippen molar-refractivity contribution >= 4 is 23.0 Å². The van der Waals surface area contributed by atoms with Crippen molar-refractivity contribution in [1.82, 2.24) is 0 Å². The lowest BCUT2D eigenvalue weighted by atomic mass is 10.2. The van der Waals surface area contributed by atoms with Crippen molar-refractivity contribution in [3.63, 3.8) is 0 Å². The van der Waals surface area contributed by atoms with Crippen LogP contribution in [0.15, 0.2) is 18.2 Å². The lowest BCUT2D eigenvalue weighted by Crippen LogP contribution is -2.34. The topological polar surface area (TPSA) is 145 Å². The molecule has 1 unspecified atom stereocenters. The van der Waals surface area contributed by atoms with Gasteiger partial charge in [0.2, 0.25) is 5.91 Å². The molecule has 1 atom stereocenters. The molecule has 0 spiro atoms. The van der Waals surface area contributed by atoms with Crippen LogP contribution in [0, 0.1) is 10.1 Å². The van der Waals surface area contributed by atoms with Crippen LogP contribution in [0.1, 0.15) is 0 Å². The number of benzene rings is 1. The van der Waals surface area contributed by atoms with Crippen molar-refractivity contribution in [2.24, 2.45) is 5.73 Å². The van der Waals surface area contributed by atoms with Gasteiger partial charge < -0.3 is 21.9 Å². The quantitative estimate of drug-likeness (QED) is 0.308. The number of aliphatic hydroxyl groups is 1. The van der Waals surface area contributed by atoms with Crippen molar-refractivity contribution in [3.05, 3.63) is 28.3 Å². The third-order valence-corrected chi connectivity index (χ3v) is 2.06.